The Labute approximate surface area is 101 Å². The van der Waals surface area contributed by atoms with Gasteiger partial charge in [-0.2, -0.15) is 8.78 Å². The second-order valence-corrected chi connectivity index (χ2v) is 5.46. The molecule has 1 aromatic rings. The average Bonchev–Trinajstić information content (AvgIpc) is 2.71. The molecule has 0 spiro atoms. The Bertz CT molecular complexity index is 603. The number of aromatic nitrogens is 1. The minimum absolute atomic E-state index is 0.0392. The van der Waals surface area contributed by atoms with E-state index in [-0.39, 0.29) is 24.3 Å². The average molecular weight is 278 g/mol. The summed E-state index contributed by atoms with van der Waals surface area (Å²) in [6.45, 7) is -0.132. The largest absolute Gasteiger partial charge is 0.477 e. The number of carboxylic acids is 1. The first kappa shape index (κ1) is 12.7. The van der Waals surface area contributed by atoms with Crippen molar-refractivity contribution in [2.75, 3.05) is 10.8 Å². The first-order valence-corrected chi connectivity index (χ1v) is 6.36. The molecule has 9 heteroatoms. The molecule has 98 valence electrons. The van der Waals surface area contributed by atoms with E-state index in [1.165, 1.54) is 6.20 Å². The van der Waals surface area contributed by atoms with Gasteiger partial charge in [0.1, 0.15) is 5.69 Å². The zero-order chi connectivity index (χ0) is 13.5. The topological polar surface area (TPSA) is 87.6 Å². The van der Waals surface area contributed by atoms with E-state index in [1.807, 2.05) is 0 Å². The second kappa shape index (κ2) is 4.16. The van der Waals surface area contributed by atoms with Gasteiger partial charge in [0.05, 0.1) is 5.69 Å². The minimum atomic E-state index is -4.75. The van der Waals surface area contributed by atoms with Crippen molar-refractivity contribution >= 4 is 21.7 Å². The molecular formula is C9H8F2N2O4S. The standard InChI is InChI=1S/C9H8F2N2O4S/c10-9(11)18(16,17)13-2-1-5-4-12-6(8(14)15)3-7(5)13/h3-4,9H,1-2H2,(H,14,15). The van der Waals surface area contributed by atoms with Gasteiger partial charge >= 0.3 is 11.7 Å². The van der Waals surface area contributed by atoms with Gasteiger partial charge in [0.15, 0.2) is 0 Å². The predicted molar refractivity (Wildman–Crippen MR) is 57.2 cm³/mol. The Morgan fingerprint density at radius 3 is 2.72 bits per heavy atom. The number of rotatable bonds is 3. The smallest absolute Gasteiger partial charge is 0.355 e. The van der Waals surface area contributed by atoms with E-state index in [9.17, 15) is 22.0 Å². The monoisotopic (exact) mass is 278 g/mol. The molecule has 0 bridgehead atoms. The normalized spacial score (nSPS) is 14.9. The van der Waals surface area contributed by atoms with Gasteiger partial charge in [0.2, 0.25) is 0 Å². The van der Waals surface area contributed by atoms with E-state index in [0.717, 1.165) is 6.07 Å². The van der Waals surface area contributed by atoms with E-state index in [1.54, 1.807) is 0 Å². The van der Waals surface area contributed by atoms with E-state index in [4.69, 9.17) is 5.11 Å². The summed E-state index contributed by atoms with van der Waals surface area (Å²) < 4.78 is 48.2. The molecule has 6 nitrogen and oxygen atoms in total. The third-order valence-corrected chi connectivity index (χ3v) is 4.01. The van der Waals surface area contributed by atoms with E-state index in [2.05, 4.69) is 4.98 Å². The fourth-order valence-corrected chi connectivity index (χ4v) is 2.70. The first-order valence-electron chi connectivity index (χ1n) is 4.86. The Morgan fingerprint density at radius 1 is 1.50 bits per heavy atom. The highest BCUT2D eigenvalue weighted by Crippen LogP contribution is 2.32. The summed E-state index contributed by atoms with van der Waals surface area (Å²) >= 11 is 0. The minimum Gasteiger partial charge on any atom is -0.477 e. The molecule has 2 rings (SSSR count). The number of hydrogen-bond acceptors (Lipinski definition) is 4. The highest BCUT2D eigenvalue weighted by molar-refractivity contribution is 7.93. The van der Waals surface area contributed by atoms with E-state index in [0.29, 0.717) is 9.87 Å². The van der Waals surface area contributed by atoms with Gasteiger partial charge in [-0.1, -0.05) is 0 Å². The van der Waals surface area contributed by atoms with Gasteiger partial charge in [-0.05, 0) is 18.1 Å². The third kappa shape index (κ3) is 1.90. The number of nitrogens with zero attached hydrogens (tertiary/aromatic N) is 2. The Hall–Kier alpha value is -1.77. The summed E-state index contributed by atoms with van der Waals surface area (Å²) in [5, 5.41) is 8.74. The van der Waals surface area contributed by atoms with E-state index < -0.39 is 21.8 Å². The highest BCUT2D eigenvalue weighted by atomic mass is 32.2. The maximum atomic E-state index is 12.5. The maximum absolute atomic E-state index is 12.5. The summed E-state index contributed by atoms with van der Waals surface area (Å²) in [4.78, 5) is 14.3. The molecule has 1 aliphatic rings. The Kier molecular flexibility index (Phi) is 2.93. The lowest BCUT2D eigenvalue weighted by Crippen LogP contribution is -2.34. The van der Waals surface area contributed by atoms with Crippen LogP contribution in [0.15, 0.2) is 12.3 Å². The molecule has 0 fully saturated rings. The lowest BCUT2D eigenvalue weighted by molar-refractivity contribution is 0.0690. The lowest BCUT2D eigenvalue weighted by Gasteiger charge is -2.18. The number of halogens is 2. The number of sulfonamides is 1. The first-order chi connectivity index (χ1) is 8.34. The van der Waals surface area contributed by atoms with Crippen molar-refractivity contribution in [3.63, 3.8) is 0 Å². The highest BCUT2D eigenvalue weighted by Gasteiger charge is 2.36. The van der Waals surface area contributed by atoms with Crippen molar-refractivity contribution in [3.05, 3.63) is 23.5 Å². The summed E-state index contributed by atoms with van der Waals surface area (Å²) in [5.74, 6) is -4.89. The summed E-state index contributed by atoms with van der Waals surface area (Å²) in [7, 11) is -4.75. The van der Waals surface area contributed by atoms with Crippen LogP contribution in [0.3, 0.4) is 0 Å². The van der Waals surface area contributed by atoms with Crippen molar-refractivity contribution in [1.82, 2.24) is 4.98 Å². The van der Waals surface area contributed by atoms with Gasteiger partial charge < -0.3 is 5.11 Å². The number of anilines is 1. The van der Waals surface area contributed by atoms with Crippen molar-refractivity contribution in [2.45, 2.75) is 12.2 Å². The SMILES string of the molecule is O=C(O)c1cc2c(cn1)CCN2S(=O)(=O)C(F)F. The van der Waals surface area contributed by atoms with Crippen LogP contribution in [0.4, 0.5) is 14.5 Å². The van der Waals surface area contributed by atoms with Crippen molar-refractivity contribution in [3.8, 4) is 0 Å². The van der Waals surface area contributed by atoms with Crippen LogP contribution < -0.4 is 4.31 Å². The molecule has 0 radical (unpaired) electrons. The molecule has 18 heavy (non-hydrogen) atoms. The van der Waals surface area contributed by atoms with Crippen LogP contribution in [0.5, 0.6) is 0 Å². The molecule has 1 N–H and O–H groups in total. The second-order valence-electron chi connectivity index (χ2n) is 3.63. The maximum Gasteiger partial charge on any atom is 0.355 e. The molecule has 0 aliphatic carbocycles. The number of carbonyl (C=O) groups is 1. The fourth-order valence-electron chi connectivity index (χ4n) is 1.72. The zero-order valence-corrected chi connectivity index (χ0v) is 9.69. The predicted octanol–water partition coefficient (Wildman–Crippen LogP) is 0.695. The summed E-state index contributed by atoms with van der Waals surface area (Å²) in [6, 6.07) is 0.991. The van der Waals surface area contributed by atoms with Crippen LogP contribution in [-0.4, -0.2) is 36.8 Å². The van der Waals surface area contributed by atoms with Crippen molar-refractivity contribution in [1.29, 1.82) is 0 Å². The molecule has 0 aromatic carbocycles. The quantitative estimate of drug-likeness (QED) is 0.879. The summed E-state index contributed by atoms with van der Waals surface area (Å²) in [6.07, 6.45) is 1.42. The van der Waals surface area contributed by atoms with Crippen LogP contribution in [0, 0.1) is 0 Å². The molecule has 2 heterocycles. The molecule has 0 atom stereocenters. The number of hydrogen-bond donors (Lipinski definition) is 1. The Morgan fingerprint density at radius 2 is 2.17 bits per heavy atom. The molecule has 1 aliphatic heterocycles. The van der Waals surface area contributed by atoms with Gasteiger partial charge in [-0.15, -0.1) is 0 Å². The Balaban J connectivity index is 2.50. The molecule has 0 saturated heterocycles. The summed E-state index contributed by atoms with van der Waals surface area (Å²) in [5.41, 5.74) is 0.0111. The molecule has 0 amide bonds. The lowest BCUT2D eigenvalue weighted by atomic mass is 10.2. The molecule has 0 unspecified atom stereocenters. The number of pyridine rings is 1. The number of carboxylic acid groups (broad SMARTS) is 1. The van der Waals surface area contributed by atoms with Crippen LogP contribution in [-0.2, 0) is 16.4 Å². The third-order valence-electron chi connectivity index (χ3n) is 2.57. The van der Waals surface area contributed by atoms with Gasteiger partial charge in [0.25, 0.3) is 10.0 Å². The van der Waals surface area contributed by atoms with Crippen LogP contribution >= 0.6 is 0 Å². The molecular weight excluding hydrogens is 270 g/mol. The number of alkyl halides is 2. The van der Waals surface area contributed by atoms with Gasteiger partial charge in [0, 0.05) is 12.7 Å². The van der Waals surface area contributed by atoms with Crippen LogP contribution in [0.25, 0.3) is 0 Å². The fraction of sp³-hybridized carbons (Fsp3) is 0.333. The van der Waals surface area contributed by atoms with Crippen molar-refractivity contribution < 1.29 is 27.1 Å². The van der Waals surface area contributed by atoms with E-state index >= 15 is 0 Å². The molecule has 0 saturated carbocycles. The van der Waals surface area contributed by atoms with Crippen LogP contribution in [0.2, 0.25) is 0 Å². The number of aromatic carboxylic acids is 1. The van der Waals surface area contributed by atoms with Gasteiger partial charge in [-0.25, -0.2) is 18.2 Å². The van der Waals surface area contributed by atoms with Crippen molar-refractivity contribution in [2.24, 2.45) is 0 Å². The van der Waals surface area contributed by atoms with Gasteiger partial charge in [-0.3, -0.25) is 4.31 Å². The molecule has 1 aromatic heterocycles. The number of fused-ring (bicyclic) bond motifs is 1. The zero-order valence-electron chi connectivity index (χ0n) is 8.88. The van der Waals surface area contributed by atoms with Crippen LogP contribution in [0.1, 0.15) is 16.1 Å².